The lowest BCUT2D eigenvalue weighted by Gasteiger charge is -2.19. The molecule has 0 radical (unpaired) electrons. The maximum atomic E-state index is 12.9. The Bertz CT molecular complexity index is 2720. The fraction of sp³-hybridized carbons (Fsp3) is 0.312. The van der Waals surface area contributed by atoms with Crippen LogP contribution in [0.2, 0.25) is 5.02 Å². The molecule has 6 rings (SSSR count). The second kappa shape index (κ2) is 25.0. The predicted octanol–water partition coefficient (Wildman–Crippen LogP) is 7.96. The van der Waals surface area contributed by atoms with Crippen molar-refractivity contribution in [3.8, 4) is 45.3 Å². The van der Waals surface area contributed by atoms with Crippen LogP contribution < -0.4 is 41.4 Å². The van der Waals surface area contributed by atoms with Gasteiger partial charge < -0.3 is 41.4 Å². The average Bonchev–Trinajstić information content (AvgIpc) is 3.34. The van der Waals surface area contributed by atoms with E-state index in [2.05, 4.69) is 29.9 Å². The minimum atomic E-state index is -4.46. The quantitative estimate of drug-likeness (QED) is 0.0787. The summed E-state index contributed by atoms with van der Waals surface area (Å²) in [6.07, 6.45) is -4.46. The normalized spacial score (nSPS) is 10.7. The molecule has 6 N–H and O–H groups in total. The summed E-state index contributed by atoms with van der Waals surface area (Å²) in [6, 6.07) is 21.9. The zero-order valence-electron chi connectivity index (χ0n) is 39.6. The van der Waals surface area contributed by atoms with Crippen molar-refractivity contribution in [3.63, 3.8) is 0 Å². The van der Waals surface area contributed by atoms with Crippen molar-refractivity contribution in [2.24, 2.45) is 17.2 Å². The third kappa shape index (κ3) is 14.4. The monoisotopic (exact) mass is 972 g/mol. The van der Waals surface area contributed by atoms with Gasteiger partial charge in [0.15, 0.2) is 11.5 Å². The standard InChI is InChI=1S/C17H22N4O3.C16H17F3N4O.C15H17ClN4O/c1-5-21(6-2)17-19-12(10-13(20-17)16(18)22)11-7-8-14(23-3)15(9-11)24-4;1-3-23(4-2)15-21-12(9-13(22-15)14(20)24)10-6-5-7-11(8-10)16(17,18)19;1-3-20(4-2)15-18-12(9-13(19-15)14(17)21)10-6-5-7-11(16)8-10/h7-10H,5-6H2,1-4H3,(H2,18,22);5-9H,3-4H2,1-2H3,(H2,20,24);5-9H,3-4H2,1-2H3,(H2,17,21). The molecule has 0 aliphatic carbocycles. The topological polar surface area (TPSA) is 235 Å². The lowest BCUT2D eigenvalue weighted by Crippen LogP contribution is -2.26. The lowest BCUT2D eigenvalue weighted by atomic mass is 10.1. The number of rotatable bonds is 17. The molecule has 3 aromatic heterocycles. The van der Waals surface area contributed by atoms with Gasteiger partial charge in [0.05, 0.1) is 36.9 Å². The summed E-state index contributed by atoms with van der Waals surface area (Å²) in [4.78, 5) is 66.3. The van der Waals surface area contributed by atoms with Gasteiger partial charge in [-0.25, -0.2) is 29.9 Å². The van der Waals surface area contributed by atoms with Crippen LogP contribution in [0.5, 0.6) is 11.5 Å². The summed E-state index contributed by atoms with van der Waals surface area (Å²) >= 11 is 6.01. The van der Waals surface area contributed by atoms with Gasteiger partial charge >= 0.3 is 6.18 Å². The predicted molar refractivity (Wildman–Crippen MR) is 262 cm³/mol. The number of nitrogens with two attached hydrogens (primary N) is 3. The van der Waals surface area contributed by atoms with E-state index in [1.165, 1.54) is 18.2 Å². The molecule has 0 aliphatic rings. The fourth-order valence-electron chi connectivity index (χ4n) is 6.57. The Morgan fingerprint density at radius 2 is 0.870 bits per heavy atom. The van der Waals surface area contributed by atoms with E-state index in [1.54, 1.807) is 55.5 Å². The number of halogens is 4. The first-order valence-electron chi connectivity index (χ1n) is 21.8. The fourth-order valence-corrected chi connectivity index (χ4v) is 6.76. The van der Waals surface area contributed by atoms with Crippen molar-refractivity contribution in [1.82, 2.24) is 29.9 Å². The van der Waals surface area contributed by atoms with Crippen molar-refractivity contribution in [2.45, 2.75) is 47.7 Å². The number of carbonyl (C=O) groups is 3. The van der Waals surface area contributed by atoms with Gasteiger partial charge in [-0.05, 0) is 102 Å². The smallest absolute Gasteiger partial charge is 0.416 e. The largest absolute Gasteiger partial charge is 0.493 e. The molecule has 17 nitrogen and oxygen atoms in total. The number of methoxy groups -OCH3 is 2. The summed E-state index contributed by atoms with van der Waals surface area (Å²) in [5.41, 5.74) is 18.9. The van der Waals surface area contributed by atoms with Crippen LogP contribution in [0, 0.1) is 0 Å². The van der Waals surface area contributed by atoms with Crippen molar-refractivity contribution in [3.05, 3.63) is 113 Å². The van der Waals surface area contributed by atoms with Crippen LogP contribution in [0.25, 0.3) is 33.8 Å². The molecule has 366 valence electrons. The van der Waals surface area contributed by atoms with Crippen molar-refractivity contribution < 1.29 is 37.0 Å². The molecule has 3 amide bonds. The van der Waals surface area contributed by atoms with Gasteiger partial charge in [0, 0.05) is 61.0 Å². The Balaban J connectivity index is 0.000000226. The summed E-state index contributed by atoms with van der Waals surface area (Å²) in [6.45, 7) is 15.9. The first-order chi connectivity index (χ1) is 32.8. The maximum Gasteiger partial charge on any atom is 0.416 e. The Kier molecular flexibility index (Phi) is 19.5. The number of amides is 3. The van der Waals surface area contributed by atoms with Crippen LogP contribution in [0.4, 0.5) is 31.0 Å². The summed E-state index contributed by atoms with van der Waals surface area (Å²) in [5.74, 6) is 0.491. The Labute approximate surface area is 403 Å². The van der Waals surface area contributed by atoms with Crippen LogP contribution in [0.3, 0.4) is 0 Å². The highest BCUT2D eigenvalue weighted by atomic mass is 35.5. The molecule has 0 bridgehead atoms. The van der Waals surface area contributed by atoms with Crippen LogP contribution in [0.1, 0.15) is 78.6 Å². The van der Waals surface area contributed by atoms with Crippen LogP contribution in [-0.2, 0) is 6.18 Å². The first kappa shape index (κ1) is 54.0. The molecule has 0 saturated carbocycles. The van der Waals surface area contributed by atoms with E-state index in [4.69, 9.17) is 38.3 Å². The van der Waals surface area contributed by atoms with E-state index in [0.717, 1.165) is 49.4 Å². The van der Waals surface area contributed by atoms with Crippen molar-refractivity contribution in [2.75, 3.05) is 68.2 Å². The molecule has 0 aliphatic heterocycles. The average molecular weight is 974 g/mol. The number of nitrogens with zero attached hydrogens (tertiary/aromatic N) is 9. The highest BCUT2D eigenvalue weighted by Gasteiger charge is 2.31. The number of benzene rings is 3. The van der Waals surface area contributed by atoms with E-state index >= 15 is 0 Å². The number of carbonyl (C=O) groups excluding carboxylic acids is 3. The van der Waals surface area contributed by atoms with Gasteiger partial charge in [0.1, 0.15) is 17.1 Å². The van der Waals surface area contributed by atoms with Crippen molar-refractivity contribution in [1.29, 1.82) is 0 Å². The minimum absolute atomic E-state index is 0.0423. The number of alkyl halides is 3. The summed E-state index contributed by atoms with van der Waals surface area (Å²) in [7, 11) is 3.14. The summed E-state index contributed by atoms with van der Waals surface area (Å²) < 4.78 is 49.2. The Morgan fingerprint density at radius 3 is 1.20 bits per heavy atom. The third-order valence-corrected chi connectivity index (χ3v) is 10.6. The zero-order chi connectivity index (χ0) is 51.0. The van der Waals surface area contributed by atoms with Crippen LogP contribution in [-0.4, -0.2) is 101 Å². The molecule has 0 spiro atoms. The molecule has 6 aromatic rings. The molecule has 69 heavy (non-hydrogen) atoms. The molecule has 21 heteroatoms. The van der Waals surface area contributed by atoms with Gasteiger partial charge in [-0.15, -0.1) is 0 Å². The SMILES string of the molecule is CCN(CC)c1nc(C(N)=O)cc(-c2ccc(OC)c(OC)c2)n1.CCN(CC)c1nc(C(N)=O)cc(-c2cccc(C(F)(F)F)c2)n1.CCN(CC)c1nc(C(N)=O)cc(-c2cccc(Cl)c2)n1. The van der Waals surface area contributed by atoms with E-state index in [9.17, 15) is 27.6 Å². The van der Waals surface area contributed by atoms with E-state index in [-0.39, 0.29) is 34.3 Å². The molecular weight excluding hydrogens is 917 g/mol. The number of hydrogen-bond donors (Lipinski definition) is 3. The Hall–Kier alpha value is -7.61. The van der Waals surface area contributed by atoms with E-state index in [0.29, 0.717) is 52.9 Å². The van der Waals surface area contributed by atoms with Crippen LogP contribution >= 0.6 is 11.6 Å². The van der Waals surface area contributed by atoms with Gasteiger partial charge in [-0.2, -0.15) is 13.2 Å². The lowest BCUT2D eigenvalue weighted by molar-refractivity contribution is -0.137. The van der Waals surface area contributed by atoms with Gasteiger partial charge in [0.2, 0.25) is 17.8 Å². The van der Waals surface area contributed by atoms with Crippen LogP contribution in [0.15, 0.2) is 84.9 Å². The third-order valence-electron chi connectivity index (χ3n) is 10.3. The minimum Gasteiger partial charge on any atom is -0.493 e. The van der Waals surface area contributed by atoms with Gasteiger partial charge in [0.25, 0.3) is 17.7 Å². The molecule has 3 heterocycles. The summed E-state index contributed by atoms with van der Waals surface area (Å²) in [5, 5.41) is 0.608. The highest BCUT2D eigenvalue weighted by molar-refractivity contribution is 6.30. The number of anilines is 3. The highest BCUT2D eigenvalue weighted by Crippen LogP contribution is 2.34. The van der Waals surface area contributed by atoms with Gasteiger partial charge in [-0.1, -0.05) is 35.9 Å². The molecule has 0 saturated heterocycles. The van der Waals surface area contributed by atoms with Crippen molar-refractivity contribution >= 4 is 47.2 Å². The zero-order valence-corrected chi connectivity index (χ0v) is 40.4. The Morgan fingerprint density at radius 1 is 0.507 bits per heavy atom. The second-order valence-corrected chi connectivity index (χ2v) is 15.0. The van der Waals surface area contributed by atoms with Gasteiger partial charge in [-0.3, -0.25) is 14.4 Å². The molecule has 3 aromatic carbocycles. The number of primary amides is 3. The molecule has 0 unspecified atom stereocenters. The number of hydrogen-bond acceptors (Lipinski definition) is 14. The second-order valence-electron chi connectivity index (χ2n) is 14.6. The molecule has 0 atom stereocenters. The van der Waals surface area contributed by atoms with E-state index in [1.807, 2.05) is 69.5 Å². The molecule has 0 fully saturated rings. The molecular formula is C48H56ClF3N12O5. The van der Waals surface area contributed by atoms with E-state index < -0.39 is 29.5 Å². The number of aromatic nitrogens is 6. The first-order valence-corrected chi connectivity index (χ1v) is 22.2. The maximum absolute atomic E-state index is 12.9. The number of ether oxygens (including phenoxy) is 2.